The lowest BCUT2D eigenvalue weighted by atomic mass is 10.0. The van der Waals surface area contributed by atoms with Crippen molar-refractivity contribution >= 4 is 11.6 Å². The SMILES string of the molecule is CCCCCCCCCCCCCCCCCCNC.O=C(C(=O)c1ccccc1)c1ccccc1. The molecule has 0 spiro atoms. The van der Waals surface area contributed by atoms with E-state index in [1.165, 1.54) is 109 Å². The maximum Gasteiger partial charge on any atom is 0.233 e. The Morgan fingerprint density at radius 1 is 0.500 bits per heavy atom. The Morgan fingerprint density at radius 2 is 0.806 bits per heavy atom. The number of hydrogen-bond acceptors (Lipinski definition) is 3. The van der Waals surface area contributed by atoms with Crippen LogP contribution in [-0.4, -0.2) is 25.2 Å². The summed E-state index contributed by atoms with van der Waals surface area (Å²) in [4.78, 5) is 23.6. The zero-order chi connectivity index (χ0) is 26.1. The summed E-state index contributed by atoms with van der Waals surface area (Å²) in [5.74, 6) is -0.932. The maximum absolute atomic E-state index is 11.8. The monoisotopic (exact) mass is 493 g/mol. The minimum absolute atomic E-state index is 0.427. The highest BCUT2D eigenvalue weighted by Crippen LogP contribution is 2.13. The van der Waals surface area contributed by atoms with Crippen LogP contribution in [0.25, 0.3) is 0 Å². The van der Waals surface area contributed by atoms with E-state index in [2.05, 4.69) is 12.2 Å². The summed E-state index contributed by atoms with van der Waals surface area (Å²) in [7, 11) is 2.05. The molecule has 0 aliphatic heterocycles. The molecular formula is C33H51NO2. The lowest BCUT2D eigenvalue weighted by molar-refractivity contribution is 0.0817. The van der Waals surface area contributed by atoms with Crippen LogP contribution in [0.5, 0.6) is 0 Å². The largest absolute Gasteiger partial charge is 0.320 e. The van der Waals surface area contributed by atoms with Crippen LogP contribution in [0.4, 0.5) is 0 Å². The first-order valence-corrected chi connectivity index (χ1v) is 14.5. The van der Waals surface area contributed by atoms with Gasteiger partial charge in [0.15, 0.2) is 0 Å². The number of hydrogen-bond donors (Lipinski definition) is 1. The van der Waals surface area contributed by atoms with E-state index < -0.39 is 11.6 Å². The molecule has 0 saturated carbocycles. The van der Waals surface area contributed by atoms with Gasteiger partial charge in [0.1, 0.15) is 0 Å². The molecule has 0 unspecified atom stereocenters. The van der Waals surface area contributed by atoms with Gasteiger partial charge in [0.2, 0.25) is 11.6 Å². The molecule has 0 saturated heterocycles. The zero-order valence-corrected chi connectivity index (χ0v) is 23.1. The van der Waals surface area contributed by atoms with Gasteiger partial charge < -0.3 is 5.32 Å². The first kappa shape index (κ1) is 31.8. The normalized spacial score (nSPS) is 10.5. The van der Waals surface area contributed by atoms with Gasteiger partial charge in [-0.1, -0.05) is 164 Å². The second-order valence-electron chi connectivity index (χ2n) is 9.80. The Hall–Kier alpha value is -2.26. The Morgan fingerprint density at radius 3 is 1.11 bits per heavy atom. The van der Waals surface area contributed by atoms with Crippen molar-refractivity contribution in [1.82, 2.24) is 5.32 Å². The van der Waals surface area contributed by atoms with Crippen LogP contribution in [0, 0.1) is 0 Å². The third-order valence-electron chi connectivity index (χ3n) is 6.56. The van der Waals surface area contributed by atoms with Crippen LogP contribution in [0.1, 0.15) is 130 Å². The number of carbonyl (C=O) groups excluding carboxylic acids is 2. The van der Waals surface area contributed by atoms with E-state index in [4.69, 9.17) is 0 Å². The summed E-state index contributed by atoms with van der Waals surface area (Å²) in [5, 5.41) is 3.22. The number of unbranched alkanes of at least 4 members (excludes halogenated alkanes) is 15. The minimum Gasteiger partial charge on any atom is -0.320 e. The van der Waals surface area contributed by atoms with Crippen molar-refractivity contribution in [2.75, 3.05) is 13.6 Å². The molecule has 0 aliphatic carbocycles. The van der Waals surface area contributed by atoms with E-state index in [9.17, 15) is 9.59 Å². The van der Waals surface area contributed by atoms with Gasteiger partial charge in [0.25, 0.3) is 0 Å². The number of ketones is 2. The Bertz CT molecular complexity index is 705. The molecular weight excluding hydrogens is 442 g/mol. The van der Waals surface area contributed by atoms with Gasteiger partial charge in [-0.2, -0.15) is 0 Å². The topological polar surface area (TPSA) is 46.2 Å². The number of rotatable bonds is 20. The van der Waals surface area contributed by atoms with E-state index >= 15 is 0 Å². The molecule has 200 valence electrons. The van der Waals surface area contributed by atoms with E-state index in [1.807, 2.05) is 19.2 Å². The van der Waals surface area contributed by atoms with Gasteiger partial charge in [-0.15, -0.1) is 0 Å². The summed E-state index contributed by atoms with van der Waals surface area (Å²) >= 11 is 0. The highest BCUT2D eigenvalue weighted by molar-refractivity contribution is 6.49. The van der Waals surface area contributed by atoms with Gasteiger partial charge in [-0.3, -0.25) is 9.59 Å². The molecule has 0 radical (unpaired) electrons. The number of Topliss-reactive ketones (excluding diaryl/α,β-unsaturated/α-hetero) is 2. The number of carbonyl (C=O) groups is 2. The van der Waals surface area contributed by atoms with Crippen LogP contribution in [-0.2, 0) is 0 Å². The number of nitrogens with one attached hydrogen (secondary N) is 1. The van der Waals surface area contributed by atoms with Gasteiger partial charge >= 0.3 is 0 Å². The fourth-order valence-corrected chi connectivity index (χ4v) is 4.29. The molecule has 2 aromatic carbocycles. The van der Waals surface area contributed by atoms with Crippen molar-refractivity contribution in [2.45, 2.75) is 110 Å². The molecule has 0 fully saturated rings. The van der Waals surface area contributed by atoms with E-state index in [0.29, 0.717) is 11.1 Å². The summed E-state index contributed by atoms with van der Waals surface area (Å²) in [5.41, 5.74) is 0.854. The molecule has 36 heavy (non-hydrogen) atoms. The predicted octanol–water partition coefficient (Wildman–Crippen LogP) is 9.22. The Labute approximate surface area is 221 Å². The van der Waals surface area contributed by atoms with Crippen LogP contribution >= 0.6 is 0 Å². The van der Waals surface area contributed by atoms with Crippen LogP contribution in [0.3, 0.4) is 0 Å². The number of benzene rings is 2. The predicted molar refractivity (Wildman–Crippen MR) is 155 cm³/mol. The van der Waals surface area contributed by atoms with Crippen molar-refractivity contribution in [3.8, 4) is 0 Å². The molecule has 3 nitrogen and oxygen atoms in total. The van der Waals surface area contributed by atoms with Crippen molar-refractivity contribution in [3.05, 3.63) is 71.8 Å². The molecule has 1 N–H and O–H groups in total. The molecule has 0 heterocycles. The summed E-state index contributed by atoms with van der Waals surface area (Å²) in [6.45, 7) is 3.49. The van der Waals surface area contributed by atoms with Gasteiger partial charge in [0.05, 0.1) is 0 Å². The standard InChI is InChI=1S/C19H41N.C14H10O2/c1-3-4-5-6-7-8-9-10-11-12-13-14-15-16-17-18-19-20-2;15-13(11-7-3-1-4-8-11)14(16)12-9-5-2-6-10-12/h20H,3-19H2,1-2H3;1-10H. The smallest absolute Gasteiger partial charge is 0.233 e. The molecule has 2 aromatic rings. The van der Waals surface area contributed by atoms with E-state index in [0.717, 1.165) is 0 Å². The lowest BCUT2D eigenvalue weighted by Crippen LogP contribution is -2.14. The van der Waals surface area contributed by atoms with E-state index in [1.54, 1.807) is 48.5 Å². The Kier molecular flexibility index (Phi) is 20.4. The van der Waals surface area contributed by atoms with Gasteiger partial charge in [0, 0.05) is 11.1 Å². The summed E-state index contributed by atoms with van der Waals surface area (Å²) < 4.78 is 0. The van der Waals surface area contributed by atoms with Crippen LogP contribution < -0.4 is 5.32 Å². The molecule has 0 amide bonds. The zero-order valence-electron chi connectivity index (χ0n) is 23.1. The second kappa shape index (κ2) is 23.2. The average molecular weight is 494 g/mol. The van der Waals surface area contributed by atoms with Crippen LogP contribution in [0.15, 0.2) is 60.7 Å². The highest BCUT2D eigenvalue weighted by atomic mass is 16.2. The summed E-state index contributed by atoms with van der Waals surface area (Å²) in [6, 6.07) is 17.2. The van der Waals surface area contributed by atoms with E-state index in [-0.39, 0.29) is 0 Å². The molecule has 2 rings (SSSR count). The van der Waals surface area contributed by atoms with Crippen molar-refractivity contribution < 1.29 is 9.59 Å². The lowest BCUT2D eigenvalue weighted by Gasteiger charge is -2.03. The fourth-order valence-electron chi connectivity index (χ4n) is 4.29. The first-order chi connectivity index (χ1) is 17.7. The second-order valence-corrected chi connectivity index (χ2v) is 9.80. The molecule has 0 aromatic heterocycles. The fraction of sp³-hybridized carbons (Fsp3) is 0.576. The Balaban J connectivity index is 0.000000367. The molecule has 0 bridgehead atoms. The molecule has 0 aliphatic rings. The summed E-state index contributed by atoms with van der Waals surface area (Å²) in [6.07, 6.45) is 23.2. The third kappa shape index (κ3) is 16.4. The highest BCUT2D eigenvalue weighted by Gasteiger charge is 2.17. The van der Waals surface area contributed by atoms with Gasteiger partial charge in [-0.05, 0) is 20.0 Å². The quantitative estimate of drug-likeness (QED) is 0.114. The molecule has 0 atom stereocenters. The average Bonchev–Trinajstić information content (AvgIpc) is 2.93. The first-order valence-electron chi connectivity index (χ1n) is 14.5. The van der Waals surface area contributed by atoms with Crippen molar-refractivity contribution in [2.24, 2.45) is 0 Å². The minimum atomic E-state index is -0.466. The van der Waals surface area contributed by atoms with Gasteiger partial charge in [-0.25, -0.2) is 0 Å². The third-order valence-corrected chi connectivity index (χ3v) is 6.56. The molecule has 3 heteroatoms. The van der Waals surface area contributed by atoms with Crippen molar-refractivity contribution in [1.29, 1.82) is 0 Å². The van der Waals surface area contributed by atoms with Crippen molar-refractivity contribution in [3.63, 3.8) is 0 Å². The maximum atomic E-state index is 11.8. The van der Waals surface area contributed by atoms with Crippen LogP contribution in [0.2, 0.25) is 0 Å².